The summed E-state index contributed by atoms with van der Waals surface area (Å²) in [5.74, 6) is 0.412. The number of ether oxygens (including phenoxy) is 7. The van der Waals surface area contributed by atoms with E-state index in [1.807, 2.05) is 133 Å². The molecule has 6 aromatic carbocycles. The van der Waals surface area contributed by atoms with E-state index in [0.717, 1.165) is 27.8 Å². The van der Waals surface area contributed by atoms with Crippen LogP contribution in [0.3, 0.4) is 0 Å². The zero-order valence-electron chi connectivity index (χ0n) is 41.3. The number of esters is 1. The summed E-state index contributed by atoms with van der Waals surface area (Å²) in [6.07, 6.45) is -1.24. The van der Waals surface area contributed by atoms with Gasteiger partial charge >= 0.3 is 24.1 Å². The van der Waals surface area contributed by atoms with E-state index in [1.54, 1.807) is 65.8 Å². The lowest BCUT2D eigenvalue weighted by Crippen LogP contribution is -2.45. The highest BCUT2D eigenvalue weighted by Crippen LogP contribution is 2.32. The van der Waals surface area contributed by atoms with Gasteiger partial charge in [-0.25, -0.2) is 19.2 Å². The maximum Gasteiger partial charge on any atom is 0.408 e. The Hall–Kier alpha value is -8.00. The van der Waals surface area contributed by atoms with Gasteiger partial charge < -0.3 is 48.9 Å². The molecule has 3 N–H and O–H groups in total. The van der Waals surface area contributed by atoms with Crippen molar-refractivity contribution in [2.24, 2.45) is 0 Å². The minimum absolute atomic E-state index is 0.0508. The number of carboxylic acid groups (broad SMARTS) is 1. The van der Waals surface area contributed by atoms with Gasteiger partial charge in [-0.15, -0.1) is 0 Å². The van der Waals surface area contributed by atoms with Gasteiger partial charge in [-0.3, -0.25) is 0 Å². The third kappa shape index (κ3) is 19.9. The lowest BCUT2D eigenvalue weighted by molar-refractivity contribution is -0.143. The minimum atomic E-state index is -1.16. The number of amides is 2. The van der Waals surface area contributed by atoms with Crippen LogP contribution in [0.25, 0.3) is 0 Å². The number of aliphatic carboxylic acids is 1. The first kappa shape index (κ1) is 53.9. The van der Waals surface area contributed by atoms with E-state index in [9.17, 15) is 24.3 Å². The van der Waals surface area contributed by atoms with Crippen LogP contribution in [-0.4, -0.2) is 59.6 Å². The van der Waals surface area contributed by atoms with E-state index in [-0.39, 0.29) is 12.8 Å². The fourth-order valence-corrected chi connectivity index (χ4v) is 6.67. The fraction of sp³-hybridized carbons (Fsp3) is 0.298. The fourth-order valence-electron chi connectivity index (χ4n) is 6.67. The number of hydrogen-bond donors (Lipinski definition) is 3. The first-order valence-corrected chi connectivity index (χ1v) is 23.2. The quantitative estimate of drug-likeness (QED) is 0.0488. The number of hydrogen-bond acceptors (Lipinski definition) is 11. The zero-order chi connectivity index (χ0) is 51.2. The molecule has 0 saturated heterocycles. The molecular weight excluding hydrogens is 905 g/mol. The molecule has 0 heterocycles. The molecule has 0 aliphatic rings. The lowest BCUT2D eigenvalue weighted by atomic mass is 10.1. The van der Waals surface area contributed by atoms with Gasteiger partial charge in [0.25, 0.3) is 0 Å². The van der Waals surface area contributed by atoms with Gasteiger partial charge in [0.15, 0.2) is 23.0 Å². The zero-order valence-corrected chi connectivity index (χ0v) is 41.3. The van der Waals surface area contributed by atoms with Crippen molar-refractivity contribution >= 4 is 24.1 Å². The van der Waals surface area contributed by atoms with Gasteiger partial charge in [0, 0.05) is 12.8 Å². The summed E-state index contributed by atoms with van der Waals surface area (Å²) in [5, 5.41) is 14.7. The van der Waals surface area contributed by atoms with Crippen molar-refractivity contribution in [2.45, 2.75) is 104 Å². The highest BCUT2D eigenvalue weighted by atomic mass is 16.6. The molecule has 0 saturated carbocycles. The van der Waals surface area contributed by atoms with E-state index >= 15 is 0 Å². The molecule has 0 aliphatic heterocycles. The Morgan fingerprint density at radius 2 is 0.746 bits per heavy atom. The number of carbonyl (C=O) groups is 4. The third-order valence-electron chi connectivity index (χ3n) is 10.0. The maximum absolute atomic E-state index is 12.4. The van der Waals surface area contributed by atoms with Crippen molar-refractivity contribution in [2.75, 3.05) is 7.11 Å². The molecular formula is C57H64N2O12. The van der Waals surface area contributed by atoms with E-state index < -0.39 is 47.4 Å². The summed E-state index contributed by atoms with van der Waals surface area (Å²) >= 11 is 0. The van der Waals surface area contributed by atoms with Crippen molar-refractivity contribution < 1.29 is 57.4 Å². The summed E-state index contributed by atoms with van der Waals surface area (Å²) in [6, 6.07) is 47.8. The first-order valence-electron chi connectivity index (χ1n) is 23.2. The number of benzene rings is 6. The van der Waals surface area contributed by atoms with E-state index in [4.69, 9.17) is 33.2 Å². The van der Waals surface area contributed by atoms with Crippen LogP contribution in [0.2, 0.25) is 0 Å². The number of methoxy groups -OCH3 is 1. The Bertz CT molecular complexity index is 2600. The van der Waals surface area contributed by atoms with Crippen LogP contribution < -0.4 is 29.6 Å². The second-order valence-corrected chi connectivity index (χ2v) is 18.3. The Morgan fingerprint density at radius 3 is 1.06 bits per heavy atom. The second-order valence-electron chi connectivity index (χ2n) is 18.3. The number of rotatable bonds is 20. The average Bonchev–Trinajstić information content (AvgIpc) is 3.34. The van der Waals surface area contributed by atoms with Crippen molar-refractivity contribution in [1.29, 1.82) is 0 Å². The summed E-state index contributed by atoms with van der Waals surface area (Å²) in [5.41, 5.74) is 4.04. The largest absolute Gasteiger partial charge is 0.485 e. The maximum atomic E-state index is 12.4. The van der Waals surface area contributed by atoms with Gasteiger partial charge in [0.05, 0.1) is 7.11 Å². The second kappa shape index (κ2) is 26.7. The van der Waals surface area contributed by atoms with E-state index in [2.05, 4.69) is 10.6 Å². The number of carboxylic acids is 1. The molecule has 14 nitrogen and oxygen atoms in total. The normalized spacial score (nSPS) is 11.8. The molecule has 0 spiro atoms. The van der Waals surface area contributed by atoms with Crippen LogP contribution in [0.15, 0.2) is 158 Å². The summed E-state index contributed by atoms with van der Waals surface area (Å²) in [7, 11) is 1.28. The van der Waals surface area contributed by atoms with Gasteiger partial charge in [0.1, 0.15) is 49.7 Å². The molecule has 0 unspecified atom stereocenters. The molecule has 0 bridgehead atoms. The van der Waals surface area contributed by atoms with E-state index in [0.29, 0.717) is 55.0 Å². The van der Waals surface area contributed by atoms with Gasteiger partial charge in [-0.05, 0) is 99.2 Å². The van der Waals surface area contributed by atoms with Crippen molar-refractivity contribution in [3.63, 3.8) is 0 Å². The van der Waals surface area contributed by atoms with Crippen molar-refractivity contribution in [1.82, 2.24) is 10.6 Å². The molecule has 0 fully saturated rings. The van der Waals surface area contributed by atoms with Crippen molar-refractivity contribution in [3.05, 3.63) is 191 Å². The minimum Gasteiger partial charge on any atom is -0.485 e. The highest BCUT2D eigenvalue weighted by molar-refractivity contribution is 5.82. The highest BCUT2D eigenvalue weighted by Gasteiger charge is 2.27. The number of nitrogens with one attached hydrogen (secondary N) is 2. The van der Waals surface area contributed by atoms with Crippen LogP contribution in [0.1, 0.15) is 74.9 Å². The summed E-state index contributed by atoms with van der Waals surface area (Å²) in [6.45, 7) is 11.8. The van der Waals surface area contributed by atoms with Crippen LogP contribution >= 0.6 is 0 Å². The predicted octanol–water partition coefficient (Wildman–Crippen LogP) is 10.8. The Balaban J connectivity index is 0.000000264. The van der Waals surface area contributed by atoms with Crippen molar-refractivity contribution in [3.8, 4) is 23.0 Å². The molecule has 2 amide bonds. The molecule has 0 aliphatic carbocycles. The smallest absolute Gasteiger partial charge is 0.408 e. The van der Waals surface area contributed by atoms with Gasteiger partial charge in [-0.1, -0.05) is 133 Å². The van der Waals surface area contributed by atoms with Crippen LogP contribution in [0.4, 0.5) is 9.59 Å². The molecule has 374 valence electrons. The Kier molecular flexibility index (Phi) is 20.3. The van der Waals surface area contributed by atoms with Crippen LogP contribution in [0, 0.1) is 0 Å². The van der Waals surface area contributed by atoms with Crippen LogP contribution in [0.5, 0.6) is 23.0 Å². The molecule has 6 aromatic rings. The lowest BCUT2D eigenvalue weighted by Gasteiger charge is -2.23. The molecule has 0 radical (unpaired) electrons. The monoisotopic (exact) mass is 968 g/mol. The topological polar surface area (TPSA) is 177 Å². The summed E-state index contributed by atoms with van der Waals surface area (Å²) < 4.78 is 39.6. The molecule has 71 heavy (non-hydrogen) atoms. The van der Waals surface area contributed by atoms with Crippen LogP contribution in [-0.2, 0) is 63.1 Å². The third-order valence-corrected chi connectivity index (χ3v) is 10.0. The average molecular weight is 969 g/mol. The van der Waals surface area contributed by atoms with Gasteiger partial charge in [0.2, 0.25) is 0 Å². The molecule has 0 aromatic heterocycles. The Labute approximate surface area is 416 Å². The number of carbonyl (C=O) groups excluding carboxylic acids is 3. The number of alkyl carbamates (subject to hydrolysis) is 2. The standard InChI is InChI=1S/C29H33NO6.C28H31NO6/c1-29(2,3)36-28(32)30-24(27(31)33-4)17-23-15-16-25(34-19-21-11-7-5-8-12-21)26(18-23)35-20-22-13-9-6-10-14-22;1-28(2,3)35-27(32)29-23(26(30)31)16-22-14-15-24(33-18-20-10-6-4-7-11-20)25(17-22)34-19-21-12-8-5-9-13-21/h5-16,18,24H,17,19-20H2,1-4H3,(H,30,32);4-15,17,23H,16,18-19H2,1-3H3,(H,29,32)(H,30,31)/t24-;23-/m00/s1. The predicted molar refractivity (Wildman–Crippen MR) is 269 cm³/mol. The van der Waals surface area contributed by atoms with E-state index in [1.165, 1.54) is 7.11 Å². The molecule has 14 heteroatoms. The Morgan fingerprint density at radius 1 is 0.437 bits per heavy atom. The van der Waals surface area contributed by atoms with Gasteiger partial charge in [-0.2, -0.15) is 0 Å². The molecule has 2 atom stereocenters. The summed E-state index contributed by atoms with van der Waals surface area (Å²) in [4.78, 5) is 48.6. The molecule has 6 rings (SSSR count). The first-order chi connectivity index (χ1) is 33.9. The SMILES string of the molecule is CC(C)(C)OC(=O)N[C@@H](Cc1ccc(OCc2ccccc2)c(OCc2ccccc2)c1)C(=O)O.COC(=O)[C@H](Cc1ccc(OCc2ccccc2)c(OCc2ccccc2)c1)NC(=O)OC(C)(C)C.